The van der Waals surface area contributed by atoms with E-state index in [0.717, 1.165) is 25.8 Å². The van der Waals surface area contributed by atoms with Crippen molar-refractivity contribution in [1.82, 2.24) is 4.90 Å². The second-order valence-electron chi connectivity index (χ2n) is 4.72. The van der Waals surface area contributed by atoms with Gasteiger partial charge in [0.05, 0.1) is 12.1 Å². The predicted octanol–water partition coefficient (Wildman–Crippen LogP) is 0.997. The van der Waals surface area contributed by atoms with E-state index in [9.17, 15) is 4.79 Å². The van der Waals surface area contributed by atoms with E-state index in [1.807, 2.05) is 11.8 Å². The van der Waals surface area contributed by atoms with Crippen molar-refractivity contribution < 1.29 is 9.53 Å². The second-order valence-corrected chi connectivity index (χ2v) is 4.72. The molecule has 1 fully saturated rings. The number of rotatable bonds is 4. The number of amides is 1. The van der Waals surface area contributed by atoms with E-state index < -0.39 is 0 Å². The molecule has 1 amide bonds. The summed E-state index contributed by atoms with van der Waals surface area (Å²) >= 11 is 0. The van der Waals surface area contributed by atoms with Crippen LogP contribution in [0.4, 0.5) is 0 Å². The molecule has 0 saturated carbocycles. The van der Waals surface area contributed by atoms with E-state index in [2.05, 4.69) is 6.92 Å². The van der Waals surface area contributed by atoms with Gasteiger partial charge in [-0.2, -0.15) is 0 Å². The van der Waals surface area contributed by atoms with Crippen LogP contribution in [0.25, 0.3) is 0 Å². The van der Waals surface area contributed by atoms with E-state index in [1.54, 1.807) is 7.11 Å². The van der Waals surface area contributed by atoms with Gasteiger partial charge in [0.1, 0.15) is 0 Å². The van der Waals surface area contributed by atoms with E-state index in [0.29, 0.717) is 12.5 Å². The molecule has 0 spiro atoms. The lowest BCUT2D eigenvalue weighted by Crippen LogP contribution is -2.51. The lowest BCUT2D eigenvalue weighted by molar-refractivity contribution is -0.137. The Hall–Kier alpha value is -0.610. The fourth-order valence-corrected chi connectivity index (χ4v) is 2.21. The first kappa shape index (κ1) is 13.5. The topological polar surface area (TPSA) is 55.6 Å². The van der Waals surface area contributed by atoms with Gasteiger partial charge in [-0.3, -0.25) is 4.79 Å². The highest BCUT2D eigenvalue weighted by Crippen LogP contribution is 2.20. The first-order valence-electron chi connectivity index (χ1n) is 6.17. The van der Waals surface area contributed by atoms with Crippen LogP contribution in [0.2, 0.25) is 0 Å². The molecule has 4 heteroatoms. The summed E-state index contributed by atoms with van der Waals surface area (Å²) in [5.41, 5.74) is 5.85. The van der Waals surface area contributed by atoms with Crippen LogP contribution in [0.15, 0.2) is 0 Å². The van der Waals surface area contributed by atoms with E-state index in [-0.39, 0.29) is 18.1 Å². The molecule has 0 aromatic rings. The van der Waals surface area contributed by atoms with Crippen molar-refractivity contribution in [2.75, 3.05) is 20.2 Å². The average molecular weight is 228 g/mol. The van der Waals surface area contributed by atoms with Crippen molar-refractivity contribution >= 4 is 5.91 Å². The van der Waals surface area contributed by atoms with E-state index >= 15 is 0 Å². The molecule has 0 aromatic carbocycles. The highest BCUT2D eigenvalue weighted by Gasteiger charge is 2.30. The molecule has 0 radical (unpaired) electrons. The van der Waals surface area contributed by atoms with Gasteiger partial charge < -0.3 is 15.4 Å². The van der Waals surface area contributed by atoms with Crippen LogP contribution in [0, 0.1) is 5.92 Å². The van der Waals surface area contributed by atoms with Crippen LogP contribution in [0.3, 0.4) is 0 Å². The van der Waals surface area contributed by atoms with Gasteiger partial charge >= 0.3 is 0 Å². The molecule has 0 aliphatic carbocycles. The number of nitrogens with two attached hydrogens (primary N) is 1. The Morgan fingerprint density at radius 1 is 1.62 bits per heavy atom. The molecule has 1 rings (SSSR count). The Morgan fingerprint density at radius 2 is 2.31 bits per heavy atom. The van der Waals surface area contributed by atoms with Crippen LogP contribution < -0.4 is 5.73 Å². The molecule has 1 aliphatic rings. The summed E-state index contributed by atoms with van der Waals surface area (Å²) in [6.45, 7) is 5.72. The molecule has 1 heterocycles. The zero-order chi connectivity index (χ0) is 12.1. The highest BCUT2D eigenvalue weighted by molar-refractivity contribution is 5.81. The minimum absolute atomic E-state index is 0.0794. The van der Waals surface area contributed by atoms with Crippen LogP contribution in [0.1, 0.15) is 33.1 Å². The molecule has 1 saturated heterocycles. The molecule has 3 unspecified atom stereocenters. The average Bonchev–Trinajstić information content (AvgIpc) is 2.29. The maximum Gasteiger partial charge on any atom is 0.239 e. The standard InChI is InChI=1S/C12H24N2O2/c1-4-5-10(13)12(15)14-7-6-9(2)11(8-14)16-3/h9-11H,4-8,13H2,1-3H3. The molecule has 1 aliphatic heterocycles. The Bertz CT molecular complexity index is 233. The van der Waals surface area contributed by atoms with Crippen molar-refractivity contribution in [2.45, 2.75) is 45.3 Å². The summed E-state index contributed by atoms with van der Waals surface area (Å²) in [5.74, 6) is 0.604. The number of piperidine rings is 1. The van der Waals surface area contributed by atoms with Gasteiger partial charge in [-0.15, -0.1) is 0 Å². The molecular weight excluding hydrogens is 204 g/mol. The summed E-state index contributed by atoms with van der Waals surface area (Å²) in [6, 6.07) is -0.337. The van der Waals surface area contributed by atoms with Crippen molar-refractivity contribution in [3.63, 3.8) is 0 Å². The van der Waals surface area contributed by atoms with Gasteiger partial charge in [-0.05, 0) is 18.8 Å². The van der Waals surface area contributed by atoms with Gasteiger partial charge in [0.25, 0.3) is 0 Å². The van der Waals surface area contributed by atoms with Crippen LogP contribution in [-0.2, 0) is 9.53 Å². The van der Waals surface area contributed by atoms with Crippen molar-refractivity contribution in [3.8, 4) is 0 Å². The number of hydrogen-bond acceptors (Lipinski definition) is 3. The number of methoxy groups -OCH3 is 1. The van der Waals surface area contributed by atoms with E-state index in [1.165, 1.54) is 0 Å². The summed E-state index contributed by atoms with van der Waals surface area (Å²) in [4.78, 5) is 13.9. The van der Waals surface area contributed by atoms with Crippen molar-refractivity contribution in [3.05, 3.63) is 0 Å². The Labute approximate surface area is 98.1 Å². The maximum absolute atomic E-state index is 12.0. The number of likely N-dealkylation sites (tertiary alicyclic amines) is 1. The number of nitrogens with zero attached hydrogens (tertiary/aromatic N) is 1. The van der Waals surface area contributed by atoms with Crippen LogP contribution in [-0.4, -0.2) is 43.2 Å². The zero-order valence-corrected chi connectivity index (χ0v) is 10.6. The second kappa shape index (κ2) is 6.21. The first-order chi connectivity index (χ1) is 7.60. The van der Waals surface area contributed by atoms with Crippen molar-refractivity contribution in [1.29, 1.82) is 0 Å². The number of carbonyl (C=O) groups excluding carboxylic acids is 1. The van der Waals surface area contributed by atoms with Crippen LogP contribution in [0.5, 0.6) is 0 Å². The maximum atomic E-state index is 12.0. The van der Waals surface area contributed by atoms with E-state index in [4.69, 9.17) is 10.5 Å². The number of hydrogen-bond donors (Lipinski definition) is 1. The number of carbonyl (C=O) groups is 1. The number of ether oxygens (including phenoxy) is 1. The molecule has 0 aromatic heterocycles. The van der Waals surface area contributed by atoms with Crippen LogP contribution >= 0.6 is 0 Å². The summed E-state index contributed by atoms with van der Waals surface area (Å²) in [6.07, 6.45) is 2.88. The third-order valence-electron chi connectivity index (χ3n) is 3.42. The monoisotopic (exact) mass is 228 g/mol. The highest BCUT2D eigenvalue weighted by atomic mass is 16.5. The van der Waals surface area contributed by atoms with Gasteiger partial charge in [-0.1, -0.05) is 20.3 Å². The smallest absolute Gasteiger partial charge is 0.239 e. The normalized spacial score (nSPS) is 27.9. The first-order valence-corrected chi connectivity index (χ1v) is 6.17. The molecular formula is C12H24N2O2. The molecule has 0 bridgehead atoms. The third-order valence-corrected chi connectivity index (χ3v) is 3.42. The van der Waals surface area contributed by atoms with Gasteiger partial charge in [0.2, 0.25) is 5.91 Å². The Kier molecular flexibility index (Phi) is 5.22. The Balaban J connectivity index is 2.51. The lowest BCUT2D eigenvalue weighted by Gasteiger charge is -2.37. The molecule has 94 valence electrons. The molecule has 4 nitrogen and oxygen atoms in total. The third kappa shape index (κ3) is 3.19. The summed E-state index contributed by atoms with van der Waals surface area (Å²) in [7, 11) is 1.71. The largest absolute Gasteiger partial charge is 0.379 e. The molecule has 2 N–H and O–H groups in total. The summed E-state index contributed by atoms with van der Waals surface area (Å²) < 4.78 is 5.39. The predicted molar refractivity (Wildman–Crippen MR) is 64.0 cm³/mol. The molecule has 3 atom stereocenters. The molecule has 16 heavy (non-hydrogen) atoms. The fraction of sp³-hybridized carbons (Fsp3) is 0.917. The summed E-state index contributed by atoms with van der Waals surface area (Å²) in [5, 5.41) is 0. The van der Waals surface area contributed by atoms with Gasteiger partial charge in [0.15, 0.2) is 0 Å². The zero-order valence-electron chi connectivity index (χ0n) is 10.6. The fourth-order valence-electron chi connectivity index (χ4n) is 2.21. The Morgan fingerprint density at radius 3 is 2.88 bits per heavy atom. The minimum atomic E-state index is -0.337. The lowest BCUT2D eigenvalue weighted by atomic mass is 9.95. The SMILES string of the molecule is CCCC(N)C(=O)N1CCC(C)C(OC)C1. The van der Waals surface area contributed by atoms with Crippen molar-refractivity contribution in [2.24, 2.45) is 11.7 Å². The quantitative estimate of drug-likeness (QED) is 0.781. The van der Waals surface area contributed by atoms with Gasteiger partial charge in [0, 0.05) is 20.2 Å². The van der Waals surface area contributed by atoms with Gasteiger partial charge in [-0.25, -0.2) is 0 Å². The minimum Gasteiger partial charge on any atom is -0.379 e.